The van der Waals surface area contributed by atoms with E-state index in [0.29, 0.717) is 6.10 Å². The van der Waals surface area contributed by atoms with Crippen molar-refractivity contribution < 1.29 is 4.74 Å². The van der Waals surface area contributed by atoms with Crippen molar-refractivity contribution in [2.75, 3.05) is 31.1 Å². The molecule has 1 aromatic heterocycles. The van der Waals surface area contributed by atoms with Crippen molar-refractivity contribution in [3.63, 3.8) is 0 Å². The largest absolute Gasteiger partial charge is 0.373 e. The number of hydrogen-bond acceptors (Lipinski definition) is 4. The number of aryl methyl sites for hydroxylation is 1. The summed E-state index contributed by atoms with van der Waals surface area (Å²) >= 11 is 0. The van der Waals surface area contributed by atoms with Crippen LogP contribution in [0.25, 0.3) is 0 Å². The maximum Gasteiger partial charge on any atom is 0.0874 e. The molecule has 2 heterocycles. The van der Waals surface area contributed by atoms with Crippen LogP contribution in [0, 0.1) is 0 Å². The van der Waals surface area contributed by atoms with Gasteiger partial charge in [0.15, 0.2) is 0 Å². The summed E-state index contributed by atoms with van der Waals surface area (Å²) in [6, 6.07) is 5.06. The highest BCUT2D eigenvalue weighted by Crippen LogP contribution is 2.20. The van der Waals surface area contributed by atoms with E-state index in [2.05, 4.69) is 34.3 Å². The van der Waals surface area contributed by atoms with Crippen LogP contribution in [0.4, 0.5) is 5.69 Å². The molecule has 1 aliphatic carbocycles. The zero-order chi connectivity index (χ0) is 13.1. The van der Waals surface area contributed by atoms with Gasteiger partial charge in [-0.25, -0.2) is 0 Å². The molecule has 0 amide bonds. The molecule has 2 aliphatic rings. The van der Waals surface area contributed by atoms with Gasteiger partial charge in [-0.05, 0) is 31.4 Å². The Bertz CT molecular complexity index is 402. The third-order valence-corrected chi connectivity index (χ3v) is 3.89. The standard InChI is InChI=1S/C15H23N3O/c1-2-12-5-6-14(9-16-12)18-7-8-19-15(11-18)10-17-13-3-4-13/h5-6,9,13,15,17H,2-4,7-8,10-11H2,1H3. The second kappa shape index (κ2) is 5.88. The first-order valence-corrected chi connectivity index (χ1v) is 7.40. The van der Waals surface area contributed by atoms with Crippen LogP contribution in [-0.4, -0.2) is 43.4 Å². The lowest BCUT2D eigenvalue weighted by Gasteiger charge is -2.34. The molecule has 1 N–H and O–H groups in total. The second-order valence-electron chi connectivity index (χ2n) is 5.48. The Morgan fingerprint density at radius 2 is 2.32 bits per heavy atom. The predicted molar refractivity (Wildman–Crippen MR) is 76.6 cm³/mol. The molecule has 1 unspecified atom stereocenters. The van der Waals surface area contributed by atoms with E-state index in [4.69, 9.17) is 4.74 Å². The lowest BCUT2D eigenvalue weighted by molar-refractivity contribution is 0.0407. The molecule has 1 aliphatic heterocycles. The van der Waals surface area contributed by atoms with E-state index in [1.54, 1.807) is 0 Å². The number of morpholine rings is 1. The van der Waals surface area contributed by atoms with Gasteiger partial charge in [-0.1, -0.05) is 6.92 Å². The molecule has 4 heteroatoms. The molecule has 0 aromatic carbocycles. The number of aromatic nitrogens is 1. The van der Waals surface area contributed by atoms with Crippen LogP contribution in [0.15, 0.2) is 18.3 Å². The van der Waals surface area contributed by atoms with Crippen LogP contribution in [0.3, 0.4) is 0 Å². The average Bonchev–Trinajstić information content (AvgIpc) is 3.30. The first kappa shape index (κ1) is 12.9. The van der Waals surface area contributed by atoms with Gasteiger partial charge < -0.3 is 15.0 Å². The maximum atomic E-state index is 5.83. The number of hydrogen-bond donors (Lipinski definition) is 1. The van der Waals surface area contributed by atoms with Crippen molar-refractivity contribution >= 4 is 5.69 Å². The Balaban J connectivity index is 1.56. The normalized spacial score (nSPS) is 23.6. The highest BCUT2D eigenvalue weighted by atomic mass is 16.5. The van der Waals surface area contributed by atoms with Gasteiger partial charge in [0.1, 0.15) is 0 Å². The fourth-order valence-electron chi connectivity index (χ4n) is 2.48. The van der Waals surface area contributed by atoms with E-state index in [9.17, 15) is 0 Å². The zero-order valence-electron chi connectivity index (χ0n) is 11.6. The van der Waals surface area contributed by atoms with Gasteiger partial charge in [0.25, 0.3) is 0 Å². The third kappa shape index (κ3) is 3.45. The van der Waals surface area contributed by atoms with E-state index in [0.717, 1.165) is 44.4 Å². The van der Waals surface area contributed by atoms with Crippen LogP contribution in [0.2, 0.25) is 0 Å². The molecule has 1 saturated heterocycles. The van der Waals surface area contributed by atoms with Crippen molar-refractivity contribution in [1.29, 1.82) is 0 Å². The van der Waals surface area contributed by atoms with E-state index >= 15 is 0 Å². The maximum absolute atomic E-state index is 5.83. The van der Waals surface area contributed by atoms with Crippen molar-refractivity contribution in [3.05, 3.63) is 24.0 Å². The molecule has 1 atom stereocenters. The minimum Gasteiger partial charge on any atom is -0.373 e. The van der Waals surface area contributed by atoms with Gasteiger partial charge >= 0.3 is 0 Å². The zero-order valence-corrected chi connectivity index (χ0v) is 11.6. The number of pyridine rings is 1. The number of anilines is 1. The lowest BCUT2D eigenvalue weighted by atomic mass is 10.2. The van der Waals surface area contributed by atoms with Gasteiger partial charge in [-0.3, -0.25) is 4.98 Å². The SMILES string of the molecule is CCc1ccc(N2CCOC(CNC3CC3)C2)cn1. The van der Waals surface area contributed by atoms with Crippen LogP contribution in [0.5, 0.6) is 0 Å². The third-order valence-electron chi connectivity index (χ3n) is 3.89. The van der Waals surface area contributed by atoms with Crippen molar-refractivity contribution in [2.24, 2.45) is 0 Å². The Morgan fingerprint density at radius 3 is 3.00 bits per heavy atom. The first-order valence-electron chi connectivity index (χ1n) is 7.40. The highest BCUT2D eigenvalue weighted by Gasteiger charge is 2.25. The van der Waals surface area contributed by atoms with Crippen molar-refractivity contribution in [1.82, 2.24) is 10.3 Å². The van der Waals surface area contributed by atoms with Gasteiger partial charge in [-0.2, -0.15) is 0 Å². The monoisotopic (exact) mass is 261 g/mol. The number of ether oxygens (including phenoxy) is 1. The molecular formula is C15H23N3O. The summed E-state index contributed by atoms with van der Waals surface area (Å²) in [4.78, 5) is 6.87. The molecule has 2 fully saturated rings. The first-order chi connectivity index (χ1) is 9.35. The Hall–Kier alpha value is -1.13. The molecule has 4 nitrogen and oxygen atoms in total. The molecule has 0 bridgehead atoms. The van der Waals surface area contributed by atoms with Crippen LogP contribution < -0.4 is 10.2 Å². The van der Waals surface area contributed by atoms with Crippen molar-refractivity contribution in [2.45, 2.75) is 38.3 Å². The van der Waals surface area contributed by atoms with Gasteiger partial charge in [0.2, 0.25) is 0 Å². The Morgan fingerprint density at radius 1 is 1.42 bits per heavy atom. The Labute approximate surface area is 115 Å². The smallest absolute Gasteiger partial charge is 0.0874 e. The fraction of sp³-hybridized carbons (Fsp3) is 0.667. The minimum absolute atomic E-state index is 0.306. The average molecular weight is 261 g/mol. The quantitative estimate of drug-likeness (QED) is 0.873. The summed E-state index contributed by atoms with van der Waals surface area (Å²) < 4.78 is 5.83. The molecule has 3 rings (SSSR count). The van der Waals surface area contributed by atoms with Crippen LogP contribution >= 0.6 is 0 Å². The van der Waals surface area contributed by atoms with E-state index in [-0.39, 0.29) is 0 Å². The summed E-state index contributed by atoms with van der Waals surface area (Å²) in [6.45, 7) is 5.85. The van der Waals surface area contributed by atoms with Crippen molar-refractivity contribution in [3.8, 4) is 0 Å². The number of rotatable bonds is 5. The second-order valence-corrected chi connectivity index (χ2v) is 5.48. The summed E-state index contributed by atoms with van der Waals surface area (Å²) in [5.74, 6) is 0. The predicted octanol–water partition coefficient (Wildman–Crippen LogP) is 1.60. The highest BCUT2D eigenvalue weighted by molar-refractivity contribution is 5.45. The van der Waals surface area contributed by atoms with E-state index in [1.807, 2.05) is 6.20 Å². The summed E-state index contributed by atoms with van der Waals surface area (Å²) in [7, 11) is 0. The lowest BCUT2D eigenvalue weighted by Crippen LogP contribution is -2.47. The Kier molecular flexibility index (Phi) is 3.99. The van der Waals surface area contributed by atoms with E-state index < -0.39 is 0 Å². The fourth-order valence-corrected chi connectivity index (χ4v) is 2.48. The summed E-state index contributed by atoms with van der Waals surface area (Å²) in [5, 5.41) is 3.55. The van der Waals surface area contributed by atoms with E-state index in [1.165, 1.54) is 18.5 Å². The summed E-state index contributed by atoms with van der Waals surface area (Å²) in [6.07, 6.45) is 5.96. The molecule has 19 heavy (non-hydrogen) atoms. The minimum atomic E-state index is 0.306. The number of nitrogens with zero attached hydrogens (tertiary/aromatic N) is 2. The van der Waals surface area contributed by atoms with Crippen LogP contribution in [-0.2, 0) is 11.2 Å². The number of nitrogens with one attached hydrogen (secondary N) is 1. The van der Waals surface area contributed by atoms with Gasteiger partial charge in [-0.15, -0.1) is 0 Å². The molecule has 1 aromatic rings. The molecule has 1 saturated carbocycles. The molecular weight excluding hydrogens is 238 g/mol. The van der Waals surface area contributed by atoms with Crippen LogP contribution in [0.1, 0.15) is 25.5 Å². The molecule has 104 valence electrons. The van der Waals surface area contributed by atoms with Gasteiger partial charge in [0, 0.05) is 31.4 Å². The molecule has 0 radical (unpaired) electrons. The topological polar surface area (TPSA) is 37.4 Å². The van der Waals surface area contributed by atoms with Gasteiger partial charge in [0.05, 0.1) is 24.6 Å². The molecule has 0 spiro atoms. The summed E-state index contributed by atoms with van der Waals surface area (Å²) in [5.41, 5.74) is 2.38.